The van der Waals surface area contributed by atoms with E-state index in [0.29, 0.717) is 12.5 Å². The molecule has 148 valence electrons. The van der Waals surface area contributed by atoms with Crippen molar-refractivity contribution in [1.29, 1.82) is 0 Å². The summed E-state index contributed by atoms with van der Waals surface area (Å²) in [5.41, 5.74) is -0.00571. The van der Waals surface area contributed by atoms with Gasteiger partial charge < -0.3 is 21.1 Å². The highest BCUT2D eigenvalue weighted by Crippen LogP contribution is 2.24. The summed E-state index contributed by atoms with van der Waals surface area (Å²) < 4.78 is 0. The fraction of sp³-hybridized carbons (Fsp3) is 0.500. The lowest BCUT2D eigenvalue weighted by atomic mass is 9.89. The van der Waals surface area contributed by atoms with Crippen molar-refractivity contribution in [1.82, 2.24) is 16.0 Å². The van der Waals surface area contributed by atoms with Crippen LogP contribution in [0, 0.1) is 5.92 Å². The van der Waals surface area contributed by atoms with Gasteiger partial charge in [-0.1, -0.05) is 48.5 Å². The molecule has 1 fully saturated rings. The van der Waals surface area contributed by atoms with Crippen LogP contribution in [-0.2, 0) is 4.79 Å². The zero-order valence-electron chi connectivity index (χ0n) is 14.8. The Balaban J connectivity index is 1.85. The number of hydrogen-bond acceptors (Lipinski definition) is 3. The molecule has 0 radical (unpaired) electrons. The number of rotatable bonds is 7. The van der Waals surface area contributed by atoms with E-state index in [0.717, 1.165) is 12.8 Å². The largest absolute Gasteiger partial charge is 0.480 e. The van der Waals surface area contributed by atoms with Crippen molar-refractivity contribution in [2.24, 2.45) is 5.92 Å². The van der Waals surface area contributed by atoms with Crippen LogP contribution in [-0.4, -0.2) is 42.1 Å². The molecule has 0 saturated heterocycles. The number of amides is 3. The number of benzene rings is 1. The van der Waals surface area contributed by atoms with Crippen molar-refractivity contribution in [3.63, 3.8) is 0 Å². The molecule has 0 spiro atoms. The minimum Gasteiger partial charge on any atom is -0.480 e. The third-order valence-corrected chi connectivity index (χ3v) is 5.17. The third kappa shape index (κ3) is 6.59. The normalized spacial score (nSPS) is 15.6. The Hall–Kier alpha value is -1.99. The van der Waals surface area contributed by atoms with Gasteiger partial charge in [0.05, 0.1) is 22.2 Å². The van der Waals surface area contributed by atoms with Gasteiger partial charge in [-0.25, -0.2) is 9.59 Å². The van der Waals surface area contributed by atoms with E-state index in [9.17, 15) is 19.5 Å². The summed E-state index contributed by atoms with van der Waals surface area (Å²) in [6.45, 7) is 0.296. The summed E-state index contributed by atoms with van der Waals surface area (Å²) in [4.78, 5) is 35.6. The third-order valence-electron chi connectivity index (χ3n) is 4.54. The van der Waals surface area contributed by atoms with Gasteiger partial charge in [-0.05, 0) is 30.9 Å². The molecule has 27 heavy (non-hydrogen) atoms. The summed E-state index contributed by atoms with van der Waals surface area (Å²) in [6, 6.07) is 2.76. The van der Waals surface area contributed by atoms with Crippen LogP contribution in [0.4, 0.5) is 4.79 Å². The maximum absolute atomic E-state index is 12.3. The Kier molecular flexibility index (Phi) is 8.19. The molecule has 0 aromatic heterocycles. The van der Waals surface area contributed by atoms with Gasteiger partial charge in [0, 0.05) is 6.54 Å². The number of carbonyl (C=O) groups is 3. The highest BCUT2D eigenvalue weighted by molar-refractivity contribution is 6.39. The molecule has 3 amide bonds. The first-order chi connectivity index (χ1) is 12.9. The summed E-state index contributed by atoms with van der Waals surface area (Å²) in [5.74, 6) is -1.54. The predicted molar refractivity (Wildman–Crippen MR) is 103 cm³/mol. The summed E-state index contributed by atoms with van der Waals surface area (Å²) in [7, 11) is 0. The minimum absolute atomic E-state index is 0.00571. The molecule has 0 bridgehead atoms. The van der Waals surface area contributed by atoms with Crippen molar-refractivity contribution in [3.8, 4) is 0 Å². The Morgan fingerprint density at radius 3 is 2.30 bits per heavy atom. The van der Waals surface area contributed by atoms with E-state index in [2.05, 4.69) is 16.0 Å². The fourth-order valence-corrected chi connectivity index (χ4v) is 3.60. The van der Waals surface area contributed by atoms with Gasteiger partial charge >= 0.3 is 12.0 Å². The summed E-state index contributed by atoms with van der Waals surface area (Å²) in [5, 5.41) is 17.1. The monoisotopic (exact) mass is 415 g/mol. The smallest absolute Gasteiger partial charge is 0.328 e. The van der Waals surface area contributed by atoms with E-state index in [4.69, 9.17) is 23.2 Å². The van der Waals surface area contributed by atoms with Gasteiger partial charge in [-0.15, -0.1) is 0 Å². The molecule has 1 aromatic rings. The van der Waals surface area contributed by atoms with Gasteiger partial charge in [-0.3, -0.25) is 4.79 Å². The predicted octanol–water partition coefficient (Wildman–Crippen LogP) is 3.06. The van der Waals surface area contributed by atoms with E-state index in [1.807, 2.05) is 0 Å². The van der Waals surface area contributed by atoms with Crippen molar-refractivity contribution in [2.75, 3.05) is 13.1 Å². The van der Waals surface area contributed by atoms with Crippen LogP contribution in [0.3, 0.4) is 0 Å². The average Bonchev–Trinajstić information content (AvgIpc) is 2.63. The summed E-state index contributed by atoms with van der Waals surface area (Å²) in [6.07, 6.45) is 5.76. The SMILES string of the molecule is O=C(NCC1CCCCC1)NC[C@H](NC(=O)c1c(Cl)cccc1Cl)C(=O)O. The first-order valence-electron chi connectivity index (χ1n) is 8.88. The lowest BCUT2D eigenvalue weighted by Gasteiger charge is -2.22. The highest BCUT2D eigenvalue weighted by Gasteiger charge is 2.24. The first-order valence-corrected chi connectivity index (χ1v) is 9.63. The Morgan fingerprint density at radius 1 is 1.07 bits per heavy atom. The zero-order chi connectivity index (χ0) is 19.8. The van der Waals surface area contributed by atoms with Gasteiger partial charge in [0.1, 0.15) is 6.04 Å². The van der Waals surface area contributed by atoms with Crippen LogP contribution in [0.1, 0.15) is 42.5 Å². The van der Waals surface area contributed by atoms with Crippen molar-refractivity contribution >= 4 is 41.1 Å². The van der Waals surface area contributed by atoms with Crippen LogP contribution in [0.5, 0.6) is 0 Å². The zero-order valence-corrected chi connectivity index (χ0v) is 16.3. The van der Waals surface area contributed by atoms with Crippen LogP contribution < -0.4 is 16.0 Å². The average molecular weight is 416 g/mol. The standard InChI is InChI=1S/C18H23Cl2N3O4/c19-12-7-4-8-13(20)15(12)16(24)23-14(17(25)26)10-22-18(27)21-9-11-5-2-1-3-6-11/h4,7-8,11,14H,1-3,5-6,9-10H2,(H,23,24)(H,25,26)(H2,21,22,27)/t14-/m0/s1. The number of halogens is 2. The molecule has 1 aliphatic carbocycles. The lowest BCUT2D eigenvalue weighted by Crippen LogP contribution is -2.50. The van der Waals surface area contributed by atoms with Crippen molar-refractivity contribution in [3.05, 3.63) is 33.8 Å². The number of carbonyl (C=O) groups excluding carboxylic acids is 2. The van der Waals surface area contributed by atoms with E-state index >= 15 is 0 Å². The van der Waals surface area contributed by atoms with E-state index in [1.165, 1.54) is 31.4 Å². The molecular formula is C18H23Cl2N3O4. The van der Waals surface area contributed by atoms with Crippen LogP contribution in [0.2, 0.25) is 10.0 Å². The second kappa shape index (κ2) is 10.4. The van der Waals surface area contributed by atoms with Crippen LogP contribution in [0.15, 0.2) is 18.2 Å². The van der Waals surface area contributed by atoms with Crippen LogP contribution in [0.25, 0.3) is 0 Å². The molecule has 7 nitrogen and oxygen atoms in total. The molecule has 1 aliphatic rings. The first kappa shape index (κ1) is 21.3. The molecular weight excluding hydrogens is 393 g/mol. The topological polar surface area (TPSA) is 108 Å². The number of carboxylic acid groups (broad SMARTS) is 1. The number of carboxylic acids is 1. The van der Waals surface area contributed by atoms with Gasteiger partial charge in [0.2, 0.25) is 0 Å². The van der Waals surface area contributed by atoms with Crippen LogP contribution >= 0.6 is 23.2 Å². The Morgan fingerprint density at radius 2 is 1.70 bits per heavy atom. The maximum atomic E-state index is 12.3. The second-order valence-corrected chi connectivity index (χ2v) is 7.37. The second-order valence-electron chi connectivity index (χ2n) is 6.56. The quantitative estimate of drug-likeness (QED) is 0.548. The molecule has 0 heterocycles. The minimum atomic E-state index is -1.31. The molecule has 0 unspecified atom stereocenters. The molecule has 0 aliphatic heterocycles. The fourth-order valence-electron chi connectivity index (χ4n) is 3.03. The van der Waals surface area contributed by atoms with E-state index in [1.54, 1.807) is 6.07 Å². The Labute approximate surface area is 167 Å². The molecule has 1 atom stereocenters. The van der Waals surface area contributed by atoms with E-state index < -0.39 is 23.9 Å². The van der Waals surface area contributed by atoms with E-state index in [-0.39, 0.29) is 22.2 Å². The molecule has 9 heteroatoms. The summed E-state index contributed by atoms with van der Waals surface area (Å²) >= 11 is 11.9. The number of nitrogens with one attached hydrogen (secondary N) is 3. The van der Waals surface area contributed by atoms with Gasteiger partial charge in [0.15, 0.2) is 0 Å². The number of urea groups is 1. The molecule has 1 aromatic carbocycles. The molecule has 4 N–H and O–H groups in total. The van der Waals surface area contributed by atoms with Gasteiger partial charge in [-0.2, -0.15) is 0 Å². The highest BCUT2D eigenvalue weighted by atomic mass is 35.5. The van der Waals surface area contributed by atoms with Gasteiger partial charge in [0.25, 0.3) is 5.91 Å². The van der Waals surface area contributed by atoms with Crippen molar-refractivity contribution in [2.45, 2.75) is 38.1 Å². The number of aliphatic carboxylic acids is 1. The maximum Gasteiger partial charge on any atom is 0.328 e. The number of hydrogen-bond donors (Lipinski definition) is 4. The lowest BCUT2D eigenvalue weighted by molar-refractivity contribution is -0.139. The molecule has 2 rings (SSSR count). The van der Waals surface area contributed by atoms with Crippen molar-refractivity contribution < 1.29 is 19.5 Å². The Bertz CT molecular complexity index is 673. The molecule has 1 saturated carbocycles.